The summed E-state index contributed by atoms with van der Waals surface area (Å²) in [5.41, 5.74) is 3.29. The van der Waals surface area contributed by atoms with Crippen molar-refractivity contribution < 1.29 is 0 Å². The standard InChI is InChI=1S/C10H19N/c1-3-5-9(2)10-6-4-7-11-8-10/h11H,3-8H2,1-2H3. The van der Waals surface area contributed by atoms with Gasteiger partial charge in [-0.25, -0.2) is 0 Å². The largest absolute Gasteiger partial charge is 0.313 e. The van der Waals surface area contributed by atoms with Crippen LogP contribution in [-0.2, 0) is 0 Å². The number of allylic oxidation sites excluding steroid dienone is 1. The van der Waals surface area contributed by atoms with Gasteiger partial charge in [-0.1, -0.05) is 24.5 Å². The predicted molar refractivity (Wildman–Crippen MR) is 49.7 cm³/mol. The Morgan fingerprint density at radius 3 is 2.91 bits per heavy atom. The maximum atomic E-state index is 3.42. The minimum absolute atomic E-state index is 1.14. The van der Waals surface area contributed by atoms with Crippen LogP contribution in [0.5, 0.6) is 0 Å². The van der Waals surface area contributed by atoms with Gasteiger partial charge >= 0.3 is 0 Å². The van der Waals surface area contributed by atoms with E-state index in [4.69, 9.17) is 0 Å². The fourth-order valence-corrected chi connectivity index (χ4v) is 1.67. The molecule has 1 aliphatic heterocycles. The Morgan fingerprint density at radius 1 is 1.55 bits per heavy atom. The van der Waals surface area contributed by atoms with Crippen LogP contribution in [0.4, 0.5) is 0 Å². The summed E-state index contributed by atoms with van der Waals surface area (Å²) in [6, 6.07) is 0. The first kappa shape index (κ1) is 8.79. The van der Waals surface area contributed by atoms with Crippen molar-refractivity contribution in [1.29, 1.82) is 0 Å². The Labute approximate surface area is 69.9 Å². The molecular formula is C10H19N. The van der Waals surface area contributed by atoms with Gasteiger partial charge in [-0.3, -0.25) is 0 Å². The quantitative estimate of drug-likeness (QED) is 0.601. The maximum absolute atomic E-state index is 3.42. The molecule has 1 rings (SSSR count). The molecule has 1 aliphatic rings. The Hall–Kier alpha value is -0.300. The summed E-state index contributed by atoms with van der Waals surface area (Å²) in [5, 5.41) is 3.42. The fraction of sp³-hybridized carbons (Fsp3) is 0.800. The minimum Gasteiger partial charge on any atom is -0.313 e. The van der Waals surface area contributed by atoms with E-state index in [1.807, 2.05) is 0 Å². The lowest BCUT2D eigenvalue weighted by Crippen LogP contribution is -2.24. The molecule has 11 heavy (non-hydrogen) atoms. The Bertz CT molecular complexity index is 139. The predicted octanol–water partition coefficient (Wildman–Crippen LogP) is 2.49. The molecule has 0 aromatic carbocycles. The van der Waals surface area contributed by atoms with Crippen LogP contribution in [0.2, 0.25) is 0 Å². The maximum Gasteiger partial charge on any atom is 0.0167 e. The SMILES string of the molecule is CCCC(C)=C1CCCNC1. The molecule has 1 saturated heterocycles. The molecule has 1 fully saturated rings. The first-order valence-corrected chi connectivity index (χ1v) is 4.72. The van der Waals surface area contributed by atoms with Crippen LogP contribution in [0.15, 0.2) is 11.1 Å². The second-order valence-electron chi connectivity index (χ2n) is 3.41. The van der Waals surface area contributed by atoms with E-state index in [0.717, 1.165) is 6.54 Å². The molecule has 0 aliphatic carbocycles. The van der Waals surface area contributed by atoms with Crippen molar-refractivity contribution in [2.75, 3.05) is 13.1 Å². The lowest BCUT2D eigenvalue weighted by molar-refractivity contribution is 0.600. The molecule has 64 valence electrons. The normalized spacial score (nSPS) is 23.5. The summed E-state index contributed by atoms with van der Waals surface area (Å²) in [5.74, 6) is 0. The van der Waals surface area contributed by atoms with Crippen molar-refractivity contribution in [1.82, 2.24) is 5.32 Å². The highest BCUT2D eigenvalue weighted by atomic mass is 14.9. The molecular weight excluding hydrogens is 134 g/mol. The molecule has 0 saturated carbocycles. The molecule has 0 unspecified atom stereocenters. The minimum atomic E-state index is 1.14. The van der Waals surface area contributed by atoms with Crippen LogP contribution in [0.25, 0.3) is 0 Å². The van der Waals surface area contributed by atoms with Crippen LogP contribution < -0.4 is 5.32 Å². The first-order valence-electron chi connectivity index (χ1n) is 4.72. The number of hydrogen-bond acceptors (Lipinski definition) is 1. The zero-order chi connectivity index (χ0) is 8.10. The van der Waals surface area contributed by atoms with Crippen LogP contribution in [-0.4, -0.2) is 13.1 Å². The van der Waals surface area contributed by atoms with Crippen molar-refractivity contribution >= 4 is 0 Å². The Balaban J connectivity index is 2.46. The van der Waals surface area contributed by atoms with E-state index < -0.39 is 0 Å². The third kappa shape index (κ3) is 2.66. The Kier molecular flexibility index (Phi) is 3.64. The third-order valence-corrected chi connectivity index (χ3v) is 2.40. The monoisotopic (exact) mass is 153 g/mol. The zero-order valence-electron chi connectivity index (χ0n) is 7.74. The molecule has 1 heteroatoms. The van der Waals surface area contributed by atoms with E-state index in [2.05, 4.69) is 19.2 Å². The van der Waals surface area contributed by atoms with Gasteiger partial charge in [-0.15, -0.1) is 0 Å². The fourth-order valence-electron chi connectivity index (χ4n) is 1.67. The lowest BCUT2D eigenvalue weighted by Gasteiger charge is -2.18. The van der Waals surface area contributed by atoms with Gasteiger partial charge in [0.2, 0.25) is 0 Å². The van der Waals surface area contributed by atoms with E-state index in [0.29, 0.717) is 0 Å². The molecule has 0 radical (unpaired) electrons. The van der Waals surface area contributed by atoms with Crippen LogP contribution in [0, 0.1) is 0 Å². The van der Waals surface area contributed by atoms with Gasteiger partial charge < -0.3 is 5.32 Å². The molecule has 1 N–H and O–H groups in total. The van der Waals surface area contributed by atoms with Gasteiger partial charge in [0.05, 0.1) is 0 Å². The van der Waals surface area contributed by atoms with Gasteiger partial charge in [0, 0.05) is 6.54 Å². The van der Waals surface area contributed by atoms with Gasteiger partial charge in [0.25, 0.3) is 0 Å². The summed E-state index contributed by atoms with van der Waals surface area (Å²) in [6.45, 7) is 6.89. The molecule has 1 heterocycles. The number of piperidine rings is 1. The summed E-state index contributed by atoms with van der Waals surface area (Å²) in [6.07, 6.45) is 5.24. The second-order valence-corrected chi connectivity index (χ2v) is 3.41. The topological polar surface area (TPSA) is 12.0 Å². The van der Waals surface area contributed by atoms with E-state index in [1.165, 1.54) is 32.2 Å². The average Bonchev–Trinajstić information content (AvgIpc) is 2.07. The van der Waals surface area contributed by atoms with E-state index >= 15 is 0 Å². The highest BCUT2D eigenvalue weighted by molar-refractivity contribution is 5.15. The van der Waals surface area contributed by atoms with Gasteiger partial charge in [0.15, 0.2) is 0 Å². The average molecular weight is 153 g/mol. The molecule has 0 spiro atoms. The lowest BCUT2D eigenvalue weighted by atomic mass is 9.98. The molecule has 0 bridgehead atoms. The van der Waals surface area contributed by atoms with Crippen molar-refractivity contribution in [2.45, 2.75) is 39.5 Å². The third-order valence-electron chi connectivity index (χ3n) is 2.40. The highest BCUT2D eigenvalue weighted by Crippen LogP contribution is 2.16. The molecule has 0 aromatic rings. The number of nitrogens with one attached hydrogen (secondary N) is 1. The van der Waals surface area contributed by atoms with Crippen LogP contribution >= 0.6 is 0 Å². The molecule has 1 nitrogen and oxygen atoms in total. The van der Waals surface area contributed by atoms with E-state index in [9.17, 15) is 0 Å². The summed E-state index contributed by atoms with van der Waals surface area (Å²) in [7, 11) is 0. The smallest absolute Gasteiger partial charge is 0.0167 e. The van der Waals surface area contributed by atoms with Crippen molar-refractivity contribution in [3.8, 4) is 0 Å². The first-order chi connectivity index (χ1) is 5.34. The zero-order valence-corrected chi connectivity index (χ0v) is 7.74. The number of hydrogen-bond donors (Lipinski definition) is 1. The summed E-state index contributed by atoms with van der Waals surface area (Å²) < 4.78 is 0. The molecule has 0 amide bonds. The number of rotatable bonds is 2. The van der Waals surface area contributed by atoms with Gasteiger partial charge in [-0.2, -0.15) is 0 Å². The van der Waals surface area contributed by atoms with Gasteiger partial charge in [0.1, 0.15) is 0 Å². The Morgan fingerprint density at radius 2 is 2.36 bits per heavy atom. The van der Waals surface area contributed by atoms with Crippen LogP contribution in [0.3, 0.4) is 0 Å². The summed E-state index contributed by atoms with van der Waals surface area (Å²) >= 11 is 0. The van der Waals surface area contributed by atoms with Crippen LogP contribution in [0.1, 0.15) is 39.5 Å². The molecule has 0 aromatic heterocycles. The highest BCUT2D eigenvalue weighted by Gasteiger charge is 2.06. The van der Waals surface area contributed by atoms with Crippen molar-refractivity contribution in [2.24, 2.45) is 0 Å². The summed E-state index contributed by atoms with van der Waals surface area (Å²) in [4.78, 5) is 0. The van der Waals surface area contributed by atoms with Crippen molar-refractivity contribution in [3.63, 3.8) is 0 Å². The van der Waals surface area contributed by atoms with E-state index in [-0.39, 0.29) is 0 Å². The molecule has 0 atom stereocenters. The van der Waals surface area contributed by atoms with E-state index in [1.54, 1.807) is 11.1 Å². The van der Waals surface area contributed by atoms with Gasteiger partial charge in [-0.05, 0) is 32.7 Å². The second kappa shape index (κ2) is 4.55. The van der Waals surface area contributed by atoms with Crippen molar-refractivity contribution in [3.05, 3.63) is 11.1 Å².